The number of hydrogen-bond donors (Lipinski definition) is 3. The summed E-state index contributed by atoms with van der Waals surface area (Å²) < 4.78 is 5.62. The Balaban J connectivity index is 3.59. The zero-order valence-electron chi connectivity index (χ0n) is 24.8. The standard InChI is InChI=1S/C31H64N2O4/c1-3-5-7-8-9-10-11-12-13-14-15-16-17-18-19-22-31(36)32-23-20-24-33(28-30(35)29-34)25-21-27-37-26-6-4-2/h30,34-35H,3-29H2,1-2H3,(H,32,36). The van der Waals surface area contributed by atoms with Crippen LogP contribution < -0.4 is 5.32 Å². The highest BCUT2D eigenvalue weighted by Crippen LogP contribution is 2.13. The number of nitrogens with one attached hydrogen (secondary N) is 1. The van der Waals surface area contributed by atoms with E-state index in [2.05, 4.69) is 24.1 Å². The molecule has 3 N–H and O–H groups in total. The monoisotopic (exact) mass is 528 g/mol. The van der Waals surface area contributed by atoms with Gasteiger partial charge < -0.3 is 25.2 Å². The third-order valence-corrected chi connectivity index (χ3v) is 7.07. The second-order valence-corrected chi connectivity index (χ2v) is 10.9. The molecular formula is C31H64N2O4. The molecule has 0 aromatic carbocycles. The molecule has 222 valence electrons. The quantitative estimate of drug-likeness (QED) is 0.0913. The fourth-order valence-electron chi connectivity index (χ4n) is 4.66. The number of nitrogens with zero attached hydrogens (tertiary/aromatic N) is 1. The van der Waals surface area contributed by atoms with E-state index in [9.17, 15) is 9.90 Å². The van der Waals surface area contributed by atoms with Gasteiger partial charge >= 0.3 is 0 Å². The first-order valence-electron chi connectivity index (χ1n) is 16.0. The summed E-state index contributed by atoms with van der Waals surface area (Å²) in [4.78, 5) is 14.3. The maximum atomic E-state index is 12.1. The van der Waals surface area contributed by atoms with Crippen molar-refractivity contribution in [2.24, 2.45) is 0 Å². The largest absolute Gasteiger partial charge is 0.394 e. The lowest BCUT2D eigenvalue weighted by molar-refractivity contribution is -0.121. The fraction of sp³-hybridized carbons (Fsp3) is 0.968. The maximum absolute atomic E-state index is 12.1. The molecule has 0 aliphatic carbocycles. The Hall–Kier alpha value is -0.690. The lowest BCUT2D eigenvalue weighted by atomic mass is 10.0. The predicted molar refractivity (Wildman–Crippen MR) is 157 cm³/mol. The van der Waals surface area contributed by atoms with Gasteiger partial charge in [-0.1, -0.05) is 110 Å². The molecule has 0 bridgehead atoms. The number of ether oxygens (including phenoxy) is 1. The first-order chi connectivity index (χ1) is 18.1. The van der Waals surface area contributed by atoms with Crippen molar-refractivity contribution in [2.75, 3.05) is 46.0 Å². The van der Waals surface area contributed by atoms with Crippen molar-refractivity contribution in [1.29, 1.82) is 0 Å². The van der Waals surface area contributed by atoms with E-state index >= 15 is 0 Å². The number of unbranched alkanes of at least 4 members (excludes halogenated alkanes) is 15. The Bertz CT molecular complexity index is 464. The van der Waals surface area contributed by atoms with Crippen molar-refractivity contribution in [3.8, 4) is 0 Å². The number of rotatable bonds is 30. The van der Waals surface area contributed by atoms with Crippen molar-refractivity contribution in [2.45, 2.75) is 148 Å². The Morgan fingerprint density at radius 3 is 1.73 bits per heavy atom. The molecule has 0 saturated carbocycles. The highest BCUT2D eigenvalue weighted by Gasteiger charge is 2.11. The van der Waals surface area contributed by atoms with Gasteiger partial charge in [-0.3, -0.25) is 4.79 Å². The molecule has 0 heterocycles. The Kier molecular flexibility index (Phi) is 29.3. The number of carbonyl (C=O) groups is 1. The number of hydrogen-bond acceptors (Lipinski definition) is 5. The number of carbonyl (C=O) groups excluding carboxylic acids is 1. The van der Waals surface area contributed by atoms with E-state index in [1.54, 1.807) is 0 Å². The van der Waals surface area contributed by atoms with Crippen LogP contribution in [0.2, 0.25) is 0 Å². The molecule has 0 aliphatic rings. The van der Waals surface area contributed by atoms with Crippen molar-refractivity contribution >= 4 is 5.91 Å². The zero-order chi connectivity index (χ0) is 27.2. The highest BCUT2D eigenvalue weighted by molar-refractivity contribution is 5.75. The first kappa shape index (κ1) is 36.3. The topological polar surface area (TPSA) is 82.0 Å². The summed E-state index contributed by atoms with van der Waals surface area (Å²) in [5, 5.41) is 22.0. The number of aliphatic hydroxyl groups is 2. The minimum Gasteiger partial charge on any atom is -0.394 e. The first-order valence-corrected chi connectivity index (χ1v) is 16.0. The molecule has 1 unspecified atom stereocenters. The van der Waals surface area contributed by atoms with Gasteiger partial charge in [0.05, 0.1) is 12.7 Å². The summed E-state index contributed by atoms with van der Waals surface area (Å²) >= 11 is 0. The van der Waals surface area contributed by atoms with Crippen molar-refractivity contribution in [3.63, 3.8) is 0 Å². The van der Waals surface area contributed by atoms with Gasteiger partial charge in [0, 0.05) is 39.3 Å². The summed E-state index contributed by atoms with van der Waals surface area (Å²) in [6.07, 6.45) is 23.9. The molecule has 0 aromatic heterocycles. The maximum Gasteiger partial charge on any atom is 0.219 e. The molecule has 0 saturated heterocycles. The SMILES string of the molecule is CCCCCCCCCCCCCCCCCC(=O)NCCCN(CCCOCCCC)CC(O)CO. The molecule has 1 amide bonds. The third-order valence-electron chi connectivity index (χ3n) is 7.07. The van der Waals surface area contributed by atoms with Crippen LogP contribution in [0.4, 0.5) is 0 Å². The van der Waals surface area contributed by atoms with Crippen molar-refractivity contribution in [3.05, 3.63) is 0 Å². The second-order valence-electron chi connectivity index (χ2n) is 10.9. The number of aliphatic hydroxyl groups excluding tert-OH is 2. The van der Waals surface area contributed by atoms with E-state index in [1.807, 2.05) is 0 Å². The van der Waals surface area contributed by atoms with E-state index < -0.39 is 6.10 Å². The fourth-order valence-corrected chi connectivity index (χ4v) is 4.66. The van der Waals surface area contributed by atoms with E-state index in [-0.39, 0.29) is 12.5 Å². The van der Waals surface area contributed by atoms with Crippen LogP contribution in [0.3, 0.4) is 0 Å². The number of amides is 1. The van der Waals surface area contributed by atoms with Crippen LogP contribution in [0.15, 0.2) is 0 Å². The van der Waals surface area contributed by atoms with E-state index in [0.717, 1.165) is 64.8 Å². The van der Waals surface area contributed by atoms with Gasteiger partial charge in [0.25, 0.3) is 0 Å². The second kappa shape index (κ2) is 29.9. The smallest absolute Gasteiger partial charge is 0.219 e. The molecule has 1 atom stereocenters. The third kappa shape index (κ3) is 28.1. The molecule has 0 spiro atoms. The molecule has 37 heavy (non-hydrogen) atoms. The van der Waals surface area contributed by atoms with Gasteiger partial charge in [-0.2, -0.15) is 0 Å². The van der Waals surface area contributed by atoms with E-state index in [1.165, 1.54) is 83.5 Å². The molecule has 6 nitrogen and oxygen atoms in total. The van der Waals surface area contributed by atoms with Crippen LogP contribution in [0.25, 0.3) is 0 Å². The van der Waals surface area contributed by atoms with Gasteiger partial charge in [-0.05, 0) is 32.2 Å². The molecule has 0 rings (SSSR count). The molecule has 0 aromatic rings. The summed E-state index contributed by atoms with van der Waals surface area (Å²) in [5.74, 6) is 0.154. The van der Waals surface area contributed by atoms with Gasteiger partial charge in [-0.25, -0.2) is 0 Å². The molecule has 0 fully saturated rings. The lowest BCUT2D eigenvalue weighted by Gasteiger charge is -2.24. The lowest BCUT2D eigenvalue weighted by Crippen LogP contribution is -2.37. The van der Waals surface area contributed by atoms with Gasteiger partial charge in [0.2, 0.25) is 5.91 Å². The van der Waals surface area contributed by atoms with Crippen LogP contribution in [-0.2, 0) is 9.53 Å². The van der Waals surface area contributed by atoms with Gasteiger partial charge in [0.1, 0.15) is 0 Å². The Labute approximate surface area is 230 Å². The van der Waals surface area contributed by atoms with Crippen LogP contribution >= 0.6 is 0 Å². The Morgan fingerprint density at radius 2 is 1.19 bits per heavy atom. The van der Waals surface area contributed by atoms with Crippen molar-refractivity contribution in [1.82, 2.24) is 10.2 Å². The Morgan fingerprint density at radius 1 is 0.703 bits per heavy atom. The van der Waals surface area contributed by atoms with E-state index in [4.69, 9.17) is 9.84 Å². The van der Waals surface area contributed by atoms with Crippen LogP contribution in [0.1, 0.15) is 142 Å². The normalized spacial score (nSPS) is 12.4. The summed E-state index contributed by atoms with van der Waals surface area (Å²) in [5.41, 5.74) is 0. The van der Waals surface area contributed by atoms with Gasteiger partial charge in [0.15, 0.2) is 0 Å². The average Bonchev–Trinajstić information content (AvgIpc) is 2.90. The predicted octanol–water partition coefficient (Wildman–Crippen LogP) is 6.62. The molecule has 6 heteroatoms. The van der Waals surface area contributed by atoms with Crippen LogP contribution in [0.5, 0.6) is 0 Å². The summed E-state index contributed by atoms with van der Waals surface area (Å²) in [6.45, 7) is 8.48. The molecule has 0 radical (unpaired) electrons. The average molecular weight is 529 g/mol. The zero-order valence-corrected chi connectivity index (χ0v) is 24.8. The molecular weight excluding hydrogens is 464 g/mol. The van der Waals surface area contributed by atoms with Crippen molar-refractivity contribution < 1.29 is 19.7 Å². The minimum atomic E-state index is -0.722. The summed E-state index contributed by atoms with van der Waals surface area (Å²) in [7, 11) is 0. The van der Waals surface area contributed by atoms with Crippen LogP contribution in [-0.4, -0.2) is 73.1 Å². The van der Waals surface area contributed by atoms with E-state index in [0.29, 0.717) is 19.5 Å². The van der Waals surface area contributed by atoms with Crippen LogP contribution in [0, 0.1) is 0 Å². The highest BCUT2D eigenvalue weighted by atomic mass is 16.5. The minimum absolute atomic E-state index is 0.154. The summed E-state index contributed by atoms with van der Waals surface area (Å²) in [6, 6.07) is 0. The van der Waals surface area contributed by atoms with Gasteiger partial charge in [-0.15, -0.1) is 0 Å². The molecule has 0 aliphatic heterocycles.